The molecule has 4 heteroatoms. The van der Waals surface area contributed by atoms with Gasteiger partial charge in [0.05, 0.1) is 0 Å². The molecular formula is C16H13NO3. The molecule has 0 aromatic heterocycles. The fourth-order valence-electron chi connectivity index (χ4n) is 2.27. The average Bonchev–Trinajstić information content (AvgIpc) is 2.77. The van der Waals surface area contributed by atoms with Crippen molar-refractivity contribution in [2.45, 2.75) is 12.8 Å². The Morgan fingerprint density at radius 1 is 1.10 bits per heavy atom. The Bertz CT molecular complexity index is 694. The average molecular weight is 267 g/mol. The Labute approximate surface area is 116 Å². The zero-order valence-corrected chi connectivity index (χ0v) is 10.9. The number of amides is 1. The lowest BCUT2D eigenvalue weighted by molar-refractivity contribution is -0.137. The van der Waals surface area contributed by atoms with Crippen molar-refractivity contribution in [3.63, 3.8) is 0 Å². The van der Waals surface area contributed by atoms with E-state index in [1.807, 2.05) is 25.1 Å². The predicted octanol–water partition coefficient (Wildman–Crippen LogP) is 2.64. The predicted molar refractivity (Wildman–Crippen MR) is 74.6 cm³/mol. The molecule has 1 aliphatic heterocycles. The van der Waals surface area contributed by atoms with Crippen molar-refractivity contribution >= 4 is 17.6 Å². The van der Waals surface area contributed by atoms with Crippen LogP contribution in [-0.4, -0.2) is 11.9 Å². The molecule has 0 spiro atoms. The second-order valence-corrected chi connectivity index (χ2v) is 4.70. The number of hydrogen-bond acceptors (Lipinski definition) is 3. The van der Waals surface area contributed by atoms with Gasteiger partial charge in [-0.15, -0.1) is 0 Å². The summed E-state index contributed by atoms with van der Waals surface area (Å²) in [4.78, 5) is 24.2. The lowest BCUT2D eigenvalue weighted by Crippen LogP contribution is -2.26. The first-order valence-electron chi connectivity index (χ1n) is 6.34. The van der Waals surface area contributed by atoms with Gasteiger partial charge >= 0.3 is 5.97 Å². The van der Waals surface area contributed by atoms with Crippen LogP contribution < -0.4 is 10.1 Å². The fourth-order valence-corrected chi connectivity index (χ4v) is 2.27. The number of para-hydroxylation sites is 2. The molecule has 20 heavy (non-hydrogen) atoms. The number of anilines is 1. The van der Waals surface area contributed by atoms with Crippen molar-refractivity contribution < 1.29 is 14.3 Å². The van der Waals surface area contributed by atoms with Gasteiger partial charge in [0.1, 0.15) is 5.75 Å². The van der Waals surface area contributed by atoms with Gasteiger partial charge in [0.2, 0.25) is 5.91 Å². The number of rotatable bonds is 2. The minimum absolute atomic E-state index is 0.366. The number of carbonyl (C=O) groups excluding carboxylic acids is 2. The van der Waals surface area contributed by atoms with E-state index >= 15 is 0 Å². The zero-order valence-electron chi connectivity index (χ0n) is 10.9. The molecule has 1 amide bonds. The van der Waals surface area contributed by atoms with Crippen LogP contribution in [0.1, 0.15) is 17.0 Å². The Morgan fingerprint density at radius 3 is 2.60 bits per heavy atom. The van der Waals surface area contributed by atoms with Gasteiger partial charge in [-0.25, -0.2) is 0 Å². The largest absolute Gasteiger partial charge is 0.425 e. The molecule has 0 saturated carbocycles. The SMILES string of the molecule is Cc1ccccc1NC(=O)[C@H]1C(=O)Oc2ccccc21. The number of esters is 1. The third kappa shape index (κ3) is 2.05. The molecule has 3 rings (SSSR count). The second kappa shape index (κ2) is 4.81. The molecule has 100 valence electrons. The smallest absolute Gasteiger partial charge is 0.328 e. The van der Waals surface area contributed by atoms with Crippen molar-refractivity contribution in [2.75, 3.05) is 5.32 Å². The molecule has 1 heterocycles. The first kappa shape index (κ1) is 12.4. The van der Waals surface area contributed by atoms with E-state index in [9.17, 15) is 9.59 Å². The number of aryl methyl sites for hydroxylation is 1. The van der Waals surface area contributed by atoms with Crippen molar-refractivity contribution in [2.24, 2.45) is 0 Å². The number of ether oxygens (including phenoxy) is 1. The van der Waals surface area contributed by atoms with Gasteiger partial charge in [-0.3, -0.25) is 9.59 Å². The molecule has 0 radical (unpaired) electrons. The van der Waals surface area contributed by atoms with Gasteiger partial charge < -0.3 is 10.1 Å². The standard InChI is InChI=1S/C16H13NO3/c1-10-6-2-4-8-12(10)17-15(18)14-11-7-3-5-9-13(11)20-16(14)19/h2-9,14H,1H3,(H,17,18)/t14-/m0/s1. The normalized spacial score (nSPS) is 16.4. The monoisotopic (exact) mass is 267 g/mol. The summed E-state index contributed by atoms with van der Waals surface area (Å²) in [5.74, 6) is -1.33. The van der Waals surface area contributed by atoms with Crippen LogP contribution in [0.4, 0.5) is 5.69 Å². The maximum Gasteiger partial charge on any atom is 0.328 e. The Balaban J connectivity index is 1.88. The first-order chi connectivity index (χ1) is 9.66. The van der Waals surface area contributed by atoms with Crippen LogP contribution >= 0.6 is 0 Å². The van der Waals surface area contributed by atoms with Gasteiger partial charge in [0.15, 0.2) is 5.92 Å². The lowest BCUT2D eigenvalue weighted by atomic mass is 9.99. The number of benzene rings is 2. The van der Waals surface area contributed by atoms with E-state index in [4.69, 9.17) is 4.74 Å². The van der Waals surface area contributed by atoms with E-state index in [1.54, 1.807) is 30.3 Å². The molecule has 2 aromatic carbocycles. The van der Waals surface area contributed by atoms with E-state index in [1.165, 1.54) is 0 Å². The Kier molecular flexibility index (Phi) is 2.99. The van der Waals surface area contributed by atoms with Crippen LogP contribution in [0.5, 0.6) is 5.75 Å². The topological polar surface area (TPSA) is 55.4 Å². The summed E-state index contributed by atoms with van der Waals surface area (Å²) in [6.45, 7) is 1.90. The van der Waals surface area contributed by atoms with Gasteiger partial charge in [-0.2, -0.15) is 0 Å². The molecule has 1 atom stereocenters. The molecule has 4 nitrogen and oxygen atoms in total. The molecule has 1 aliphatic rings. The van der Waals surface area contributed by atoms with Crippen LogP contribution in [0.2, 0.25) is 0 Å². The highest BCUT2D eigenvalue weighted by molar-refractivity contribution is 6.12. The van der Waals surface area contributed by atoms with Crippen LogP contribution in [0.15, 0.2) is 48.5 Å². The van der Waals surface area contributed by atoms with E-state index in [0.717, 1.165) is 5.56 Å². The maximum absolute atomic E-state index is 12.3. The van der Waals surface area contributed by atoms with Gasteiger partial charge in [0.25, 0.3) is 0 Å². The first-order valence-corrected chi connectivity index (χ1v) is 6.34. The van der Waals surface area contributed by atoms with Crippen LogP contribution in [-0.2, 0) is 9.59 Å². The summed E-state index contributed by atoms with van der Waals surface area (Å²) in [6.07, 6.45) is 0. The number of hydrogen-bond donors (Lipinski definition) is 1. The van der Waals surface area contributed by atoms with Gasteiger partial charge in [-0.05, 0) is 24.6 Å². The summed E-state index contributed by atoms with van der Waals surface area (Å²) in [7, 11) is 0. The van der Waals surface area contributed by atoms with E-state index < -0.39 is 11.9 Å². The summed E-state index contributed by atoms with van der Waals surface area (Å²) in [5.41, 5.74) is 2.26. The molecule has 0 fully saturated rings. The van der Waals surface area contributed by atoms with Gasteiger partial charge in [0, 0.05) is 11.3 Å². The van der Waals surface area contributed by atoms with Crippen molar-refractivity contribution in [3.8, 4) is 5.75 Å². The van der Waals surface area contributed by atoms with E-state index in [2.05, 4.69) is 5.32 Å². The molecule has 0 aliphatic carbocycles. The van der Waals surface area contributed by atoms with Crippen molar-refractivity contribution in [1.29, 1.82) is 0 Å². The highest BCUT2D eigenvalue weighted by Crippen LogP contribution is 2.35. The minimum Gasteiger partial charge on any atom is -0.425 e. The Hall–Kier alpha value is -2.62. The molecule has 0 bridgehead atoms. The second-order valence-electron chi connectivity index (χ2n) is 4.70. The lowest BCUT2D eigenvalue weighted by Gasteiger charge is -2.11. The van der Waals surface area contributed by atoms with Gasteiger partial charge in [-0.1, -0.05) is 36.4 Å². The molecule has 2 aromatic rings. The quantitative estimate of drug-likeness (QED) is 0.517. The fraction of sp³-hybridized carbons (Fsp3) is 0.125. The van der Waals surface area contributed by atoms with E-state index in [0.29, 0.717) is 17.0 Å². The molecule has 1 N–H and O–H groups in total. The number of nitrogens with one attached hydrogen (secondary N) is 1. The molecule has 0 saturated heterocycles. The summed E-state index contributed by atoms with van der Waals surface area (Å²) >= 11 is 0. The molecular weight excluding hydrogens is 254 g/mol. The van der Waals surface area contributed by atoms with Crippen molar-refractivity contribution in [1.82, 2.24) is 0 Å². The zero-order chi connectivity index (χ0) is 14.1. The van der Waals surface area contributed by atoms with E-state index in [-0.39, 0.29) is 5.91 Å². The Morgan fingerprint density at radius 2 is 1.80 bits per heavy atom. The van der Waals surface area contributed by atoms with Crippen LogP contribution in [0.25, 0.3) is 0 Å². The van der Waals surface area contributed by atoms with Crippen molar-refractivity contribution in [3.05, 3.63) is 59.7 Å². The van der Waals surface area contributed by atoms with Crippen LogP contribution in [0, 0.1) is 6.92 Å². The number of fused-ring (bicyclic) bond motifs is 1. The summed E-state index contributed by atoms with van der Waals surface area (Å²) < 4.78 is 5.11. The van der Waals surface area contributed by atoms with Crippen LogP contribution in [0.3, 0.4) is 0 Å². The summed E-state index contributed by atoms with van der Waals surface area (Å²) in [6, 6.07) is 14.4. The summed E-state index contributed by atoms with van der Waals surface area (Å²) in [5, 5.41) is 2.78. The third-order valence-corrected chi connectivity index (χ3v) is 3.34. The highest BCUT2D eigenvalue weighted by Gasteiger charge is 2.38. The molecule has 0 unspecified atom stereocenters. The maximum atomic E-state index is 12.3. The minimum atomic E-state index is -0.897. The highest BCUT2D eigenvalue weighted by atomic mass is 16.5. The third-order valence-electron chi connectivity index (χ3n) is 3.34. The number of carbonyl (C=O) groups is 2.